The van der Waals surface area contributed by atoms with Crippen molar-refractivity contribution in [2.45, 2.75) is 51.5 Å². The van der Waals surface area contributed by atoms with Crippen molar-refractivity contribution in [3.63, 3.8) is 0 Å². The normalized spacial score (nSPS) is 19.4. The van der Waals surface area contributed by atoms with Gasteiger partial charge in [-0.2, -0.15) is 0 Å². The smallest absolute Gasteiger partial charge is 0.159 e. The summed E-state index contributed by atoms with van der Waals surface area (Å²) in [5, 5.41) is 3.64. The van der Waals surface area contributed by atoms with E-state index in [-0.39, 0.29) is 5.78 Å². The van der Waals surface area contributed by atoms with Crippen LogP contribution in [0.1, 0.15) is 66.0 Å². The molecule has 1 saturated heterocycles. The van der Waals surface area contributed by atoms with Crippen molar-refractivity contribution >= 4 is 22.8 Å². The van der Waals surface area contributed by atoms with Crippen molar-refractivity contribution < 1.29 is 4.79 Å². The Bertz CT molecular complexity index is 756. The molecule has 1 aliphatic carbocycles. The van der Waals surface area contributed by atoms with Gasteiger partial charge >= 0.3 is 0 Å². The fourth-order valence-electron chi connectivity index (χ4n) is 4.23. The summed E-state index contributed by atoms with van der Waals surface area (Å²) in [4.78, 5) is 21.3. The minimum absolute atomic E-state index is 0.127. The average molecular weight is 384 g/mol. The van der Waals surface area contributed by atoms with Crippen LogP contribution in [0.4, 0.5) is 5.69 Å². The van der Waals surface area contributed by atoms with Gasteiger partial charge in [0.15, 0.2) is 5.78 Å². The summed E-state index contributed by atoms with van der Waals surface area (Å²) >= 11 is 1.87. The van der Waals surface area contributed by atoms with Gasteiger partial charge in [0.1, 0.15) is 0 Å². The predicted octanol–water partition coefficient (Wildman–Crippen LogP) is 4.72. The standard InChI is InChI=1S/C22H29N3OS/c1-17(26)18-7-9-21(10-8-18)25-13-11-24(12-14-25)15-20-16-27-22(23-20)19-5-3-2-4-6-19/h7-10,16,19H,2-6,11-15H2,1H3. The molecule has 0 spiro atoms. The van der Waals surface area contributed by atoms with Crippen LogP contribution in [0, 0.1) is 0 Å². The molecule has 2 aromatic rings. The van der Waals surface area contributed by atoms with Crippen LogP contribution in [-0.2, 0) is 6.54 Å². The van der Waals surface area contributed by atoms with E-state index in [0.717, 1.165) is 38.3 Å². The quantitative estimate of drug-likeness (QED) is 0.700. The summed E-state index contributed by atoms with van der Waals surface area (Å²) in [6.07, 6.45) is 6.79. The molecule has 2 fully saturated rings. The van der Waals surface area contributed by atoms with Crippen LogP contribution < -0.4 is 4.90 Å². The molecule has 1 aliphatic heterocycles. The zero-order chi connectivity index (χ0) is 18.6. The second-order valence-corrected chi connectivity index (χ2v) is 8.77. The topological polar surface area (TPSA) is 36.4 Å². The number of ketones is 1. The van der Waals surface area contributed by atoms with E-state index in [0.29, 0.717) is 5.92 Å². The first-order valence-corrected chi connectivity index (χ1v) is 11.1. The molecule has 1 saturated carbocycles. The molecule has 0 bridgehead atoms. The lowest BCUT2D eigenvalue weighted by atomic mass is 9.90. The number of benzene rings is 1. The molecule has 0 radical (unpaired) electrons. The van der Waals surface area contributed by atoms with Crippen molar-refractivity contribution in [1.82, 2.24) is 9.88 Å². The van der Waals surface area contributed by atoms with Crippen LogP contribution >= 0.6 is 11.3 Å². The van der Waals surface area contributed by atoms with E-state index in [4.69, 9.17) is 4.98 Å². The zero-order valence-electron chi connectivity index (χ0n) is 16.2. The third-order valence-electron chi connectivity index (χ3n) is 5.92. The minimum Gasteiger partial charge on any atom is -0.369 e. The number of carbonyl (C=O) groups excluding carboxylic acids is 1. The minimum atomic E-state index is 0.127. The number of Topliss-reactive ketones (excluding diaryl/α,β-unsaturated/α-hetero) is 1. The molecular weight excluding hydrogens is 354 g/mol. The highest BCUT2D eigenvalue weighted by Crippen LogP contribution is 2.34. The van der Waals surface area contributed by atoms with Crippen LogP contribution in [0.15, 0.2) is 29.6 Å². The Morgan fingerprint density at radius 1 is 1.07 bits per heavy atom. The number of carbonyl (C=O) groups is 1. The highest BCUT2D eigenvalue weighted by atomic mass is 32.1. The van der Waals surface area contributed by atoms with Gasteiger partial charge in [-0.3, -0.25) is 9.69 Å². The van der Waals surface area contributed by atoms with E-state index >= 15 is 0 Å². The molecule has 1 aromatic carbocycles. The summed E-state index contributed by atoms with van der Waals surface area (Å²) in [6, 6.07) is 8.02. The van der Waals surface area contributed by atoms with Crippen molar-refractivity contribution in [2.75, 3.05) is 31.1 Å². The highest BCUT2D eigenvalue weighted by molar-refractivity contribution is 7.09. The summed E-state index contributed by atoms with van der Waals surface area (Å²) < 4.78 is 0. The number of hydrogen-bond donors (Lipinski definition) is 0. The second-order valence-electron chi connectivity index (χ2n) is 7.88. The van der Waals surface area contributed by atoms with E-state index < -0.39 is 0 Å². The maximum Gasteiger partial charge on any atom is 0.159 e. The van der Waals surface area contributed by atoms with Crippen LogP contribution in [0.3, 0.4) is 0 Å². The molecule has 0 N–H and O–H groups in total. The molecule has 0 unspecified atom stereocenters. The van der Waals surface area contributed by atoms with Crippen LogP contribution in [0.2, 0.25) is 0 Å². The first-order valence-electron chi connectivity index (χ1n) is 10.2. The molecule has 4 rings (SSSR count). The van der Waals surface area contributed by atoms with Crippen molar-refractivity contribution in [1.29, 1.82) is 0 Å². The number of thiazole rings is 1. The van der Waals surface area contributed by atoms with Gasteiger partial charge in [-0.15, -0.1) is 11.3 Å². The van der Waals surface area contributed by atoms with Gasteiger partial charge < -0.3 is 4.90 Å². The molecule has 27 heavy (non-hydrogen) atoms. The lowest BCUT2D eigenvalue weighted by Gasteiger charge is -2.35. The Kier molecular flexibility index (Phi) is 5.89. The van der Waals surface area contributed by atoms with E-state index in [9.17, 15) is 4.79 Å². The van der Waals surface area contributed by atoms with Crippen molar-refractivity contribution in [2.24, 2.45) is 0 Å². The monoisotopic (exact) mass is 383 g/mol. The fraction of sp³-hybridized carbons (Fsp3) is 0.545. The van der Waals surface area contributed by atoms with Gasteiger partial charge in [0.25, 0.3) is 0 Å². The summed E-state index contributed by atoms with van der Waals surface area (Å²) in [6.45, 7) is 6.76. The third-order valence-corrected chi connectivity index (χ3v) is 6.98. The Hall–Kier alpha value is -1.72. The number of rotatable bonds is 5. The molecular formula is C22H29N3OS. The van der Waals surface area contributed by atoms with Crippen molar-refractivity contribution in [3.8, 4) is 0 Å². The van der Waals surface area contributed by atoms with Crippen LogP contribution in [-0.4, -0.2) is 41.8 Å². The first-order chi connectivity index (χ1) is 13.2. The molecule has 4 nitrogen and oxygen atoms in total. The zero-order valence-corrected chi connectivity index (χ0v) is 17.0. The Balaban J connectivity index is 1.29. The van der Waals surface area contributed by atoms with Gasteiger partial charge in [0.05, 0.1) is 10.7 Å². The second kappa shape index (κ2) is 8.53. The lowest BCUT2D eigenvalue weighted by molar-refractivity contribution is 0.101. The fourth-order valence-corrected chi connectivity index (χ4v) is 5.21. The number of aromatic nitrogens is 1. The molecule has 144 valence electrons. The third kappa shape index (κ3) is 4.58. The predicted molar refractivity (Wildman–Crippen MR) is 112 cm³/mol. The van der Waals surface area contributed by atoms with Crippen molar-refractivity contribution in [3.05, 3.63) is 45.9 Å². The summed E-state index contributed by atoms with van der Waals surface area (Å²) in [7, 11) is 0. The van der Waals surface area contributed by atoms with E-state index in [1.54, 1.807) is 6.92 Å². The molecule has 5 heteroatoms. The average Bonchev–Trinajstić information content (AvgIpc) is 3.18. The molecule has 0 amide bonds. The van der Waals surface area contributed by atoms with Crippen LogP contribution in [0.5, 0.6) is 0 Å². The largest absolute Gasteiger partial charge is 0.369 e. The summed E-state index contributed by atoms with van der Waals surface area (Å²) in [5.74, 6) is 0.842. The van der Waals surface area contributed by atoms with Gasteiger partial charge in [0, 0.05) is 55.3 Å². The van der Waals surface area contributed by atoms with E-state index in [2.05, 4.69) is 27.3 Å². The van der Waals surface area contributed by atoms with E-state index in [1.165, 1.54) is 48.5 Å². The molecule has 2 heterocycles. The number of piperazine rings is 1. The number of nitrogens with zero attached hydrogens (tertiary/aromatic N) is 3. The first kappa shape index (κ1) is 18.6. The van der Waals surface area contributed by atoms with Gasteiger partial charge in [-0.1, -0.05) is 19.3 Å². The summed E-state index contributed by atoms with van der Waals surface area (Å²) in [5.41, 5.74) is 3.25. The number of hydrogen-bond acceptors (Lipinski definition) is 5. The van der Waals surface area contributed by atoms with Gasteiger partial charge in [-0.25, -0.2) is 4.98 Å². The number of anilines is 1. The SMILES string of the molecule is CC(=O)c1ccc(N2CCN(Cc3csc(C4CCCCC4)n3)CC2)cc1. The Morgan fingerprint density at radius 3 is 2.44 bits per heavy atom. The van der Waals surface area contributed by atoms with E-state index in [1.807, 2.05) is 23.5 Å². The Labute approximate surface area is 166 Å². The van der Waals surface area contributed by atoms with Crippen LogP contribution in [0.25, 0.3) is 0 Å². The highest BCUT2D eigenvalue weighted by Gasteiger charge is 2.21. The Morgan fingerprint density at radius 2 is 1.78 bits per heavy atom. The maximum atomic E-state index is 11.4. The molecule has 2 aliphatic rings. The molecule has 0 atom stereocenters. The maximum absolute atomic E-state index is 11.4. The molecule has 1 aromatic heterocycles. The van der Waals surface area contributed by atoms with Gasteiger partial charge in [-0.05, 0) is 44.0 Å². The van der Waals surface area contributed by atoms with Gasteiger partial charge in [0.2, 0.25) is 0 Å². The lowest BCUT2D eigenvalue weighted by Crippen LogP contribution is -2.46.